The van der Waals surface area contributed by atoms with Crippen LogP contribution in [0.15, 0.2) is 122 Å². The molecule has 8 nitrogen and oxygen atoms in total. The number of benzene rings is 4. The molecular formula is C48H36N8. The molecule has 0 radical (unpaired) electrons. The Balaban J connectivity index is 1.16. The van der Waals surface area contributed by atoms with E-state index < -0.39 is 0 Å². The number of hydrogen-bond acceptors (Lipinski definition) is 6. The van der Waals surface area contributed by atoms with Crippen molar-refractivity contribution in [2.24, 2.45) is 4.99 Å². The summed E-state index contributed by atoms with van der Waals surface area (Å²) in [4.78, 5) is 26.6. The number of allylic oxidation sites excluding steroid dienone is 1. The lowest BCUT2D eigenvalue weighted by Crippen LogP contribution is -2.18. The minimum absolute atomic E-state index is 0.182. The second-order valence-corrected chi connectivity index (χ2v) is 15.6. The molecule has 0 amide bonds. The van der Waals surface area contributed by atoms with E-state index in [9.17, 15) is 0 Å². The van der Waals surface area contributed by atoms with Gasteiger partial charge in [0.15, 0.2) is 0 Å². The summed E-state index contributed by atoms with van der Waals surface area (Å²) >= 11 is 0. The maximum atomic E-state index is 4.66. The van der Waals surface area contributed by atoms with Crippen LogP contribution >= 0.6 is 0 Å². The first-order chi connectivity index (χ1) is 27.6. The molecule has 5 aromatic heterocycles. The third kappa shape index (κ3) is 4.53. The highest BCUT2D eigenvalue weighted by molar-refractivity contribution is 6.16. The first-order valence-corrected chi connectivity index (χ1v) is 19.5. The zero-order valence-corrected chi connectivity index (χ0v) is 31.2. The number of nitrogens with zero attached hydrogens (tertiary/aromatic N) is 8. The molecule has 0 spiro atoms. The molecule has 1 atom stereocenters. The topological polar surface area (TPSA) is 86.7 Å². The van der Waals surface area contributed by atoms with Gasteiger partial charge in [-0.1, -0.05) is 12.1 Å². The molecule has 8 heteroatoms. The Labute approximate surface area is 323 Å². The Kier molecular flexibility index (Phi) is 6.67. The lowest BCUT2D eigenvalue weighted by atomic mass is 9.74. The normalized spacial score (nSPS) is 15.9. The fourth-order valence-electron chi connectivity index (χ4n) is 10.1. The van der Waals surface area contributed by atoms with Crippen molar-refractivity contribution in [1.29, 1.82) is 0 Å². The van der Waals surface area contributed by atoms with Crippen molar-refractivity contribution in [3.8, 4) is 39.1 Å². The van der Waals surface area contributed by atoms with Crippen LogP contribution < -0.4 is 0 Å². The molecule has 1 unspecified atom stereocenters. The second kappa shape index (κ2) is 11.8. The minimum Gasteiger partial charge on any atom is -0.333 e. The summed E-state index contributed by atoms with van der Waals surface area (Å²) in [7, 11) is 0. The standard InChI is InChI=1S/C48H36N8/c1-27-15-35(11-13-53-27)55-43-9-5-29(33-21-49-25-50-22-33)17-39(43)41-19-31-4-8-38-46-32(3-7-37(45(31)46)47(41)55)20-42-40-18-30(34-23-51-26-52-24-34)6-10-44(40)56(48(38)42)36-12-14-54-28(2)16-36/h5-6,9-15,17-26,36H,3-4,7-8,16H2,1-2H3. The molecule has 0 fully saturated rings. The fraction of sp³-hybridized carbons (Fsp3) is 0.167. The maximum absolute atomic E-state index is 4.66. The van der Waals surface area contributed by atoms with Gasteiger partial charge in [-0.2, -0.15) is 0 Å². The van der Waals surface area contributed by atoms with Gasteiger partial charge in [0.25, 0.3) is 0 Å². The summed E-state index contributed by atoms with van der Waals surface area (Å²) in [5, 5.41) is 5.19. The smallest absolute Gasteiger partial charge is 0.115 e. The summed E-state index contributed by atoms with van der Waals surface area (Å²) in [6.45, 7) is 4.23. The molecule has 0 bridgehead atoms. The Bertz CT molecular complexity index is 3190. The van der Waals surface area contributed by atoms with Gasteiger partial charge in [0.2, 0.25) is 0 Å². The van der Waals surface area contributed by atoms with Gasteiger partial charge in [-0.3, -0.25) is 9.98 Å². The van der Waals surface area contributed by atoms with Crippen molar-refractivity contribution >= 4 is 49.3 Å². The van der Waals surface area contributed by atoms with Crippen molar-refractivity contribution in [3.05, 3.63) is 145 Å². The first kappa shape index (κ1) is 31.5. The van der Waals surface area contributed by atoms with Gasteiger partial charge in [0, 0.05) is 98.9 Å². The number of hydrogen-bond donors (Lipinski definition) is 0. The first-order valence-electron chi connectivity index (χ1n) is 19.5. The zero-order chi connectivity index (χ0) is 37.1. The molecular weight excluding hydrogens is 689 g/mol. The van der Waals surface area contributed by atoms with Crippen LogP contribution in [-0.4, -0.2) is 39.8 Å². The van der Waals surface area contributed by atoms with Crippen LogP contribution in [0.4, 0.5) is 0 Å². The minimum atomic E-state index is 0.182. The molecule has 56 heavy (non-hydrogen) atoms. The second-order valence-electron chi connectivity index (χ2n) is 15.6. The third-order valence-electron chi connectivity index (χ3n) is 12.4. The van der Waals surface area contributed by atoms with Crippen LogP contribution in [0.2, 0.25) is 0 Å². The average Bonchev–Trinajstić information content (AvgIpc) is 3.75. The molecule has 0 N–H and O–H groups in total. The van der Waals surface area contributed by atoms with E-state index in [1.165, 1.54) is 77.0 Å². The molecule has 6 heterocycles. The number of aromatic nitrogens is 7. The lowest BCUT2D eigenvalue weighted by molar-refractivity contribution is 0.657. The van der Waals surface area contributed by atoms with E-state index >= 15 is 0 Å². The van der Waals surface area contributed by atoms with E-state index in [-0.39, 0.29) is 6.04 Å². The fourth-order valence-corrected chi connectivity index (χ4v) is 10.1. The Morgan fingerprint density at radius 2 is 1.20 bits per heavy atom. The number of aliphatic imine (C=N–C) groups is 1. The van der Waals surface area contributed by atoms with Crippen LogP contribution in [0, 0.1) is 6.92 Å². The Morgan fingerprint density at radius 3 is 1.84 bits per heavy atom. The van der Waals surface area contributed by atoms with Gasteiger partial charge < -0.3 is 9.13 Å². The van der Waals surface area contributed by atoms with Crippen LogP contribution in [0.5, 0.6) is 0 Å². The highest BCUT2D eigenvalue weighted by Crippen LogP contribution is 2.52. The van der Waals surface area contributed by atoms with Gasteiger partial charge in [-0.15, -0.1) is 0 Å². The number of fused-ring (bicyclic) bond motifs is 8. The van der Waals surface area contributed by atoms with Crippen molar-refractivity contribution in [2.45, 2.75) is 52.0 Å². The lowest BCUT2D eigenvalue weighted by Gasteiger charge is -2.32. The van der Waals surface area contributed by atoms with Gasteiger partial charge in [0.05, 0.1) is 22.6 Å². The largest absolute Gasteiger partial charge is 0.333 e. The number of rotatable bonds is 4. The molecule has 2 aliphatic carbocycles. The van der Waals surface area contributed by atoms with E-state index in [0.29, 0.717) is 0 Å². The van der Waals surface area contributed by atoms with Crippen molar-refractivity contribution in [2.75, 3.05) is 0 Å². The maximum Gasteiger partial charge on any atom is 0.115 e. The summed E-state index contributed by atoms with van der Waals surface area (Å²) in [5.74, 6) is 0. The van der Waals surface area contributed by atoms with Crippen LogP contribution in [0.1, 0.15) is 47.3 Å². The SMILES string of the molecule is CC1=NC=CC(n2c3ccc(-c4cncnc4)cc3c3cc4c5c(c32)CCc2cc3c6cc(-c7cncnc7)ccc6n(-c6ccnc(C)c6)c3c(c2-5)CC4)C1. The predicted octanol–water partition coefficient (Wildman–Crippen LogP) is 10.3. The van der Waals surface area contributed by atoms with Crippen molar-refractivity contribution in [3.63, 3.8) is 0 Å². The van der Waals surface area contributed by atoms with Crippen LogP contribution in [0.25, 0.3) is 82.7 Å². The molecule has 9 aromatic rings. The van der Waals surface area contributed by atoms with Crippen molar-refractivity contribution < 1.29 is 0 Å². The quantitative estimate of drug-likeness (QED) is 0.180. The summed E-state index contributed by atoms with van der Waals surface area (Å²) in [5.41, 5.74) is 21.5. The monoisotopic (exact) mass is 724 g/mol. The Morgan fingerprint density at radius 1 is 0.589 bits per heavy atom. The predicted molar refractivity (Wildman–Crippen MR) is 225 cm³/mol. The third-order valence-corrected chi connectivity index (χ3v) is 12.4. The highest BCUT2D eigenvalue weighted by Gasteiger charge is 2.33. The molecule has 268 valence electrons. The van der Waals surface area contributed by atoms with E-state index in [0.717, 1.165) is 71.5 Å². The van der Waals surface area contributed by atoms with E-state index in [4.69, 9.17) is 0 Å². The zero-order valence-electron chi connectivity index (χ0n) is 31.2. The number of pyridine rings is 1. The summed E-state index contributed by atoms with van der Waals surface area (Å²) < 4.78 is 5.13. The van der Waals surface area contributed by atoms with Gasteiger partial charge in [-0.05, 0) is 139 Å². The van der Waals surface area contributed by atoms with E-state index in [2.05, 4.69) is 120 Å². The van der Waals surface area contributed by atoms with Gasteiger partial charge in [0.1, 0.15) is 12.7 Å². The Hall–Kier alpha value is -6.80. The van der Waals surface area contributed by atoms with E-state index in [1.54, 1.807) is 12.7 Å². The van der Waals surface area contributed by atoms with Crippen molar-refractivity contribution in [1.82, 2.24) is 34.1 Å². The number of aryl methyl sites for hydroxylation is 5. The van der Waals surface area contributed by atoms with Crippen LogP contribution in [0.3, 0.4) is 0 Å². The summed E-state index contributed by atoms with van der Waals surface area (Å²) in [6.07, 6.45) is 21.9. The van der Waals surface area contributed by atoms with E-state index in [1.807, 2.05) is 37.2 Å². The van der Waals surface area contributed by atoms with Crippen LogP contribution in [-0.2, 0) is 25.7 Å². The molecule has 0 saturated carbocycles. The molecule has 4 aromatic carbocycles. The highest BCUT2D eigenvalue weighted by atomic mass is 15.0. The average molecular weight is 725 g/mol. The molecule has 3 aliphatic rings. The van der Waals surface area contributed by atoms with Gasteiger partial charge >= 0.3 is 0 Å². The molecule has 12 rings (SSSR count). The van der Waals surface area contributed by atoms with Gasteiger partial charge in [-0.25, -0.2) is 19.9 Å². The molecule has 0 saturated heterocycles. The molecule has 1 aliphatic heterocycles. The summed E-state index contributed by atoms with van der Waals surface area (Å²) in [6, 6.07) is 23.3.